The molecule has 3 aromatic carbocycles. The lowest BCUT2D eigenvalue weighted by molar-refractivity contribution is 0.641. The first-order valence-electron chi connectivity index (χ1n) is 11.0. The lowest BCUT2D eigenvalue weighted by Gasteiger charge is -2.27. The highest BCUT2D eigenvalue weighted by Gasteiger charge is 2.41. The van der Waals surface area contributed by atoms with Gasteiger partial charge < -0.3 is 4.90 Å². The maximum absolute atomic E-state index is 2.61. The van der Waals surface area contributed by atoms with Gasteiger partial charge in [0.25, 0.3) is 0 Å². The van der Waals surface area contributed by atoms with E-state index in [1.807, 2.05) is 0 Å². The minimum Gasteiger partial charge on any atom is -0.338 e. The maximum atomic E-state index is 2.61. The molecule has 0 amide bonds. The molecule has 2 unspecified atom stereocenters. The van der Waals surface area contributed by atoms with Crippen LogP contribution < -0.4 is 4.90 Å². The van der Waals surface area contributed by atoms with Crippen LogP contribution in [0.2, 0.25) is 0 Å². The molecule has 1 heteroatoms. The molecule has 1 aliphatic heterocycles. The van der Waals surface area contributed by atoms with Crippen molar-refractivity contribution in [1.82, 2.24) is 0 Å². The van der Waals surface area contributed by atoms with E-state index in [4.69, 9.17) is 0 Å². The molecule has 0 N–H and O–H groups in total. The molecule has 0 radical (unpaired) electrons. The van der Waals surface area contributed by atoms with Gasteiger partial charge in [0.2, 0.25) is 0 Å². The quantitative estimate of drug-likeness (QED) is 0.424. The smallest absolute Gasteiger partial charge is 0.0449 e. The van der Waals surface area contributed by atoms with E-state index in [0.717, 1.165) is 6.42 Å². The molecular weight excluding hydrogens is 350 g/mol. The van der Waals surface area contributed by atoms with Crippen molar-refractivity contribution >= 4 is 23.5 Å². The Hall–Kier alpha value is -2.80. The number of fused-ring (bicyclic) bond motifs is 3. The second kappa shape index (κ2) is 7.55. The molecule has 1 aliphatic carbocycles. The van der Waals surface area contributed by atoms with Crippen LogP contribution >= 0.6 is 0 Å². The Kier molecular flexibility index (Phi) is 4.75. The molecule has 0 saturated heterocycles. The van der Waals surface area contributed by atoms with Crippen molar-refractivity contribution < 1.29 is 0 Å². The molecule has 2 aliphatic rings. The molecule has 3 aromatic rings. The van der Waals surface area contributed by atoms with Crippen molar-refractivity contribution in [2.75, 3.05) is 4.90 Å². The predicted octanol–water partition coefficient (Wildman–Crippen LogP) is 7.52. The number of hydrogen-bond acceptors (Lipinski definition) is 1. The van der Waals surface area contributed by atoms with Crippen LogP contribution in [0.3, 0.4) is 0 Å². The van der Waals surface area contributed by atoms with Crippen molar-refractivity contribution in [3.63, 3.8) is 0 Å². The SMILES string of the molecule is CCc1ccc2c(c1)C1CCCC1N2c1ccc(/C=C/c2ccc(C)cc2)cc1. The standard InChI is InChI=1S/C28H29N/c1-3-21-15-18-28-26(19-21)25-5-4-6-27(25)29(28)24-16-13-23(14-17-24)12-11-22-9-7-20(2)8-10-22/h7-19,25,27H,3-6H2,1-2H3/b12-11+. The Balaban J connectivity index is 1.42. The van der Waals surface area contributed by atoms with E-state index in [2.05, 4.69) is 97.6 Å². The molecule has 1 saturated carbocycles. The lowest BCUT2D eigenvalue weighted by atomic mass is 9.95. The summed E-state index contributed by atoms with van der Waals surface area (Å²) in [7, 11) is 0. The molecule has 5 rings (SSSR count). The second-order valence-electron chi connectivity index (χ2n) is 8.56. The average molecular weight is 380 g/mol. The summed E-state index contributed by atoms with van der Waals surface area (Å²) in [5.41, 5.74) is 9.60. The molecule has 29 heavy (non-hydrogen) atoms. The first-order valence-corrected chi connectivity index (χ1v) is 11.0. The summed E-state index contributed by atoms with van der Waals surface area (Å²) in [6, 6.07) is 25.5. The number of rotatable bonds is 4. The van der Waals surface area contributed by atoms with Crippen LogP contribution in [0.4, 0.5) is 11.4 Å². The number of benzene rings is 3. The number of anilines is 2. The van der Waals surface area contributed by atoms with Gasteiger partial charge in [-0.25, -0.2) is 0 Å². The average Bonchev–Trinajstić information content (AvgIpc) is 3.34. The summed E-state index contributed by atoms with van der Waals surface area (Å²) in [6.45, 7) is 4.38. The van der Waals surface area contributed by atoms with E-state index in [9.17, 15) is 0 Å². The molecule has 1 nitrogen and oxygen atoms in total. The summed E-state index contributed by atoms with van der Waals surface area (Å²) in [6.07, 6.45) is 9.50. The molecule has 146 valence electrons. The third-order valence-corrected chi connectivity index (χ3v) is 6.69. The predicted molar refractivity (Wildman–Crippen MR) is 125 cm³/mol. The van der Waals surface area contributed by atoms with Gasteiger partial charge in [-0.1, -0.05) is 79.6 Å². The summed E-state index contributed by atoms with van der Waals surface area (Å²) in [5, 5.41) is 0. The van der Waals surface area contributed by atoms with Crippen LogP contribution in [0.15, 0.2) is 66.7 Å². The summed E-state index contributed by atoms with van der Waals surface area (Å²) in [4.78, 5) is 2.61. The normalized spacial score (nSPS) is 20.3. The zero-order valence-corrected chi connectivity index (χ0v) is 17.4. The Morgan fingerprint density at radius 3 is 2.24 bits per heavy atom. The van der Waals surface area contributed by atoms with Crippen LogP contribution in [0, 0.1) is 6.92 Å². The monoisotopic (exact) mass is 379 g/mol. The van der Waals surface area contributed by atoms with E-state index in [1.54, 1.807) is 5.56 Å². The van der Waals surface area contributed by atoms with Gasteiger partial charge in [0.05, 0.1) is 0 Å². The van der Waals surface area contributed by atoms with E-state index in [1.165, 1.54) is 52.9 Å². The van der Waals surface area contributed by atoms with Gasteiger partial charge in [0, 0.05) is 23.3 Å². The first kappa shape index (κ1) is 18.2. The minimum atomic E-state index is 0.631. The van der Waals surface area contributed by atoms with Gasteiger partial charge in [-0.2, -0.15) is 0 Å². The highest BCUT2D eigenvalue weighted by atomic mass is 15.2. The third kappa shape index (κ3) is 3.40. The second-order valence-corrected chi connectivity index (χ2v) is 8.56. The zero-order valence-electron chi connectivity index (χ0n) is 17.4. The fraction of sp³-hybridized carbons (Fsp3) is 0.286. The minimum absolute atomic E-state index is 0.631. The van der Waals surface area contributed by atoms with Crippen molar-refractivity contribution in [1.29, 1.82) is 0 Å². The van der Waals surface area contributed by atoms with Gasteiger partial charge >= 0.3 is 0 Å². The van der Waals surface area contributed by atoms with Crippen LogP contribution in [-0.2, 0) is 6.42 Å². The Labute approximate surface area is 174 Å². The molecule has 0 aromatic heterocycles. The number of aryl methyl sites for hydroxylation is 2. The largest absolute Gasteiger partial charge is 0.338 e. The maximum Gasteiger partial charge on any atom is 0.0449 e. The summed E-state index contributed by atoms with van der Waals surface area (Å²) in [5.74, 6) is 0.706. The van der Waals surface area contributed by atoms with Crippen LogP contribution in [0.1, 0.15) is 59.9 Å². The summed E-state index contributed by atoms with van der Waals surface area (Å²) < 4.78 is 0. The molecule has 1 fully saturated rings. The van der Waals surface area contributed by atoms with Crippen molar-refractivity contribution in [3.05, 3.63) is 94.5 Å². The van der Waals surface area contributed by atoms with Gasteiger partial charge in [0.1, 0.15) is 0 Å². The fourth-order valence-corrected chi connectivity index (χ4v) is 5.08. The first-order chi connectivity index (χ1) is 14.2. The van der Waals surface area contributed by atoms with Crippen molar-refractivity contribution in [3.8, 4) is 0 Å². The van der Waals surface area contributed by atoms with E-state index < -0.39 is 0 Å². The van der Waals surface area contributed by atoms with E-state index in [-0.39, 0.29) is 0 Å². The zero-order chi connectivity index (χ0) is 19.8. The third-order valence-electron chi connectivity index (χ3n) is 6.69. The topological polar surface area (TPSA) is 3.24 Å². The Bertz CT molecular complexity index is 1030. The van der Waals surface area contributed by atoms with Crippen LogP contribution in [0.5, 0.6) is 0 Å². The van der Waals surface area contributed by atoms with Crippen molar-refractivity contribution in [2.45, 2.75) is 51.5 Å². The highest BCUT2D eigenvalue weighted by molar-refractivity contribution is 5.76. The molecule has 0 bridgehead atoms. The van der Waals surface area contributed by atoms with E-state index in [0.29, 0.717) is 12.0 Å². The number of hydrogen-bond donors (Lipinski definition) is 0. The van der Waals surface area contributed by atoms with Gasteiger partial charge in [-0.15, -0.1) is 0 Å². The Morgan fingerprint density at radius 2 is 1.55 bits per heavy atom. The van der Waals surface area contributed by atoms with Gasteiger partial charge in [-0.3, -0.25) is 0 Å². The van der Waals surface area contributed by atoms with Crippen LogP contribution in [0.25, 0.3) is 12.2 Å². The summed E-state index contributed by atoms with van der Waals surface area (Å²) >= 11 is 0. The molecule has 0 spiro atoms. The molecule has 2 atom stereocenters. The lowest BCUT2D eigenvalue weighted by Crippen LogP contribution is -2.26. The fourth-order valence-electron chi connectivity index (χ4n) is 5.08. The van der Waals surface area contributed by atoms with E-state index >= 15 is 0 Å². The van der Waals surface area contributed by atoms with Crippen molar-refractivity contribution in [2.24, 2.45) is 0 Å². The molecular formula is C28H29N. The highest BCUT2D eigenvalue weighted by Crippen LogP contribution is 2.52. The van der Waals surface area contributed by atoms with Gasteiger partial charge in [0.15, 0.2) is 0 Å². The number of nitrogens with zero attached hydrogens (tertiary/aromatic N) is 1. The van der Waals surface area contributed by atoms with Crippen LogP contribution in [-0.4, -0.2) is 6.04 Å². The molecule has 1 heterocycles. The Morgan fingerprint density at radius 1 is 0.862 bits per heavy atom. The van der Waals surface area contributed by atoms with Gasteiger partial charge in [-0.05, 0) is 66.6 Å².